The number of carbonyl (C=O) groups is 1. The highest BCUT2D eigenvalue weighted by Crippen LogP contribution is 2.15. The van der Waals surface area contributed by atoms with E-state index in [2.05, 4.69) is 13.8 Å². The van der Waals surface area contributed by atoms with Crippen molar-refractivity contribution in [1.82, 2.24) is 4.90 Å². The zero-order chi connectivity index (χ0) is 12.9. The molecule has 0 saturated heterocycles. The van der Waals surface area contributed by atoms with Crippen LogP contribution in [0.4, 0.5) is 0 Å². The van der Waals surface area contributed by atoms with Gasteiger partial charge in [0.1, 0.15) is 0 Å². The van der Waals surface area contributed by atoms with Gasteiger partial charge in [-0.2, -0.15) is 0 Å². The number of rotatable bonds is 5. The predicted molar refractivity (Wildman–Crippen MR) is 73.8 cm³/mol. The minimum atomic E-state index is -0.0405. The molecular weight excluding hydrogens is 232 g/mol. The molecule has 0 bridgehead atoms. The van der Waals surface area contributed by atoms with E-state index in [-0.39, 0.29) is 11.3 Å². The van der Waals surface area contributed by atoms with Crippen LogP contribution >= 0.6 is 11.3 Å². The number of carbonyl (C=O) groups excluding carboxylic acids is 1. The Hall–Kier alpha value is -1.13. The topological polar surface area (TPSA) is 46.3 Å². The standard InChI is InChI=1S/C13H20N2OS/c1-13(2,9-14)10-15(3)12(16)7-6-11-5-4-8-17-11/h4-8H,9-10,14H2,1-3H3. The van der Waals surface area contributed by atoms with Crippen molar-refractivity contribution in [3.63, 3.8) is 0 Å². The Morgan fingerprint density at radius 1 is 1.59 bits per heavy atom. The fourth-order valence-corrected chi connectivity index (χ4v) is 2.07. The molecule has 1 heterocycles. The van der Waals surface area contributed by atoms with Crippen LogP contribution in [0.2, 0.25) is 0 Å². The molecule has 0 spiro atoms. The van der Waals surface area contributed by atoms with E-state index in [0.717, 1.165) is 4.88 Å². The van der Waals surface area contributed by atoms with E-state index in [1.165, 1.54) is 0 Å². The molecule has 3 nitrogen and oxygen atoms in total. The summed E-state index contributed by atoms with van der Waals surface area (Å²) in [6.07, 6.45) is 3.46. The largest absolute Gasteiger partial charge is 0.342 e. The van der Waals surface area contributed by atoms with Crippen LogP contribution in [-0.4, -0.2) is 30.9 Å². The summed E-state index contributed by atoms with van der Waals surface area (Å²) in [5, 5.41) is 1.99. The Morgan fingerprint density at radius 2 is 2.29 bits per heavy atom. The SMILES string of the molecule is CN(CC(C)(C)CN)C(=O)C=Cc1cccs1. The summed E-state index contributed by atoms with van der Waals surface area (Å²) in [5.41, 5.74) is 5.61. The number of hydrogen-bond donors (Lipinski definition) is 1. The first-order valence-corrected chi connectivity index (χ1v) is 6.49. The van der Waals surface area contributed by atoms with E-state index in [1.54, 1.807) is 29.4 Å². The van der Waals surface area contributed by atoms with Crippen LogP contribution in [0.1, 0.15) is 18.7 Å². The zero-order valence-corrected chi connectivity index (χ0v) is 11.5. The first kappa shape index (κ1) is 13.9. The monoisotopic (exact) mass is 252 g/mol. The molecule has 4 heteroatoms. The van der Waals surface area contributed by atoms with Gasteiger partial charge in [0, 0.05) is 24.5 Å². The third-order valence-corrected chi connectivity index (χ3v) is 3.36. The number of likely N-dealkylation sites (N-methyl/N-ethyl adjacent to an activating group) is 1. The molecule has 0 unspecified atom stereocenters. The summed E-state index contributed by atoms with van der Waals surface area (Å²) < 4.78 is 0. The summed E-state index contributed by atoms with van der Waals surface area (Å²) in [7, 11) is 1.80. The second-order valence-electron chi connectivity index (χ2n) is 4.91. The number of amides is 1. The van der Waals surface area contributed by atoms with E-state index >= 15 is 0 Å². The van der Waals surface area contributed by atoms with Crippen LogP contribution in [0.5, 0.6) is 0 Å². The molecule has 1 aromatic heterocycles. The van der Waals surface area contributed by atoms with Crippen molar-refractivity contribution in [2.75, 3.05) is 20.1 Å². The second-order valence-corrected chi connectivity index (χ2v) is 5.89. The fourth-order valence-electron chi connectivity index (χ4n) is 1.45. The van der Waals surface area contributed by atoms with Crippen LogP contribution in [0.25, 0.3) is 6.08 Å². The lowest BCUT2D eigenvalue weighted by molar-refractivity contribution is -0.125. The third-order valence-electron chi connectivity index (χ3n) is 2.53. The van der Waals surface area contributed by atoms with Gasteiger partial charge >= 0.3 is 0 Å². The first-order valence-electron chi connectivity index (χ1n) is 5.61. The lowest BCUT2D eigenvalue weighted by atomic mass is 9.93. The van der Waals surface area contributed by atoms with Crippen molar-refractivity contribution >= 4 is 23.3 Å². The zero-order valence-electron chi connectivity index (χ0n) is 10.6. The quantitative estimate of drug-likeness (QED) is 0.817. The summed E-state index contributed by atoms with van der Waals surface area (Å²) in [6, 6.07) is 3.95. The molecule has 1 amide bonds. The van der Waals surface area contributed by atoms with Gasteiger partial charge in [-0.15, -0.1) is 11.3 Å². The molecule has 0 saturated carbocycles. The van der Waals surface area contributed by atoms with Crippen molar-refractivity contribution in [3.8, 4) is 0 Å². The Balaban J connectivity index is 2.53. The smallest absolute Gasteiger partial charge is 0.246 e. The molecule has 17 heavy (non-hydrogen) atoms. The Labute approximate surface area is 107 Å². The highest BCUT2D eigenvalue weighted by molar-refractivity contribution is 7.10. The molecule has 0 aliphatic rings. The molecule has 1 aromatic rings. The lowest BCUT2D eigenvalue weighted by Gasteiger charge is -2.28. The van der Waals surface area contributed by atoms with Crippen LogP contribution in [0.15, 0.2) is 23.6 Å². The molecule has 0 aromatic carbocycles. The van der Waals surface area contributed by atoms with Crippen LogP contribution < -0.4 is 5.73 Å². The summed E-state index contributed by atoms with van der Waals surface area (Å²) >= 11 is 1.62. The summed E-state index contributed by atoms with van der Waals surface area (Å²) in [5.74, 6) is 0.0138. The Kier molecular flexibility index (Phi) is 4.90. The molecule has 0 radical (unpaired) electrons. The predicted octanol–water partition coefficient (Wildman–Crippen LogP) is 2.20. The van der Waals surface area contributed by atoms with E-state index in [1.807, 2.05) is 23.6 Å². The second kappa shape index (κ2) is 5.98. The molecule has 0 aliphatic carbocycles. The van der Waals surface area contributed by atoms with Gasteiger partial charge in [0.15, 0.2) is 0 Å². The van der Waals surface area contributed by atoms with E-state index in [9.17, 15) is 4.79 Å². The van der Waals surface area contributed by atoms with E-state index in [4.69, 9.17) is 5.73 Å². The number of hydrogen-bond acceptors (Lipinski definition) is 3. The highest BCUT2D eigenvalue weighted by Gasteiger charge is 2.19. The normalized spacial score (nSPS) is 12.0. The molecule has 94 valence electrons. The van der Waals surface area contributed by atoms with Crippen LogP contribution in [0, 0.1) is 5.41 Å². The minimum absolute atomic E-state index is 0.0138. The van der Waals surface area contributed by atoms with Crippen molar-refractivity contribution in [3.05, 3.63) is 28.5 Å². The number of nitrogens with two attached hydrogens (primary N) is 1. The maximum Gasteiger partial charge on any atom is 0.246 e. The van der Waals surface area contributed by atoms with Gasteiger partial charge in [0.05, 0.1) is 0 Å². The molecule has 0 atom stereocenters. The van der Waals surface area contributed by atoms with Crippen molar-refractivity contribution in [2.24, 2.45) is 11.1 Å². The Bertz CT molecular complexity index is 382. The van der Waals surface area contributed by atoms with E-state index in [0.29, 0.717) is 13.1 Å². The molecule has 2 N–H and O–H groups in total. The van der Waals surface area contributed by atoms with Crippen LogP contribution in [-0.2, 0) is 4.79 Å². The lowest BCUT2D eigenvalue weighted by Crippen LogP contribution is -2.39. The highest BCUT2D eigenvalue weighted by atomic mass is 32.1. The van der Waals surface area contributed by atoms with Gasteiger partial charge in [0.2, 0.25) is 5.91 Å². The van der Waals surface area contributed by atoms with Gasteiger partial charge < -0.3 is 10.6 Å². The molecule has 0 aliphatic heterocycles. The number of nitrogens with zero attached hydrogens (tertiary/aromatic N) is 1. The van der Waals surface area contributed by atoms with Gasteiger partial charge in [-0.05, 0) is 29.5 Å². The minimum Gasteiger partial charge on any atom is -0.342 e. The van der Waals surface area contributed by atoms with Gasteiger partial charge in [-0.25, -0.2) is 0 Å². The van der Waals surface area contributed by atoms with Crippen molar-refractivity contribution in [2.45, 2.75) is 13.8 Å². The van der Waals surface area contributed by atoms with Crippen molar-refractivity contribution < 1.29 is 4.79 Å². The van der Waals surface area contributed by atoms with Crippen molar-refractivity contribution in [1.29, 1.82) is 0 Å². The average Bonchev–Trinajstić information content (AvgIpc) is 2.78. The van der Waals surface area contributed by atoms with Gasteiger partial charge in [0.25, 0.3) is 0 Å². The first-order chi connectivity index (χ1) is 7.94. The maximum atomic E-state index is 11.8. The third kappa shape index (κ3) is 4.71. The van der Waals surface area contributed by atoms with Crippen LogP contribution in [0.3, 0.4) is 0 Å². The van der Waals surface area contributed by atoms with Gasteiger partial charge in [-0.3, -0.25) is 4.79 Å². The average molecular weight is 252 g/mol. The number of thiophene rings is 1. The van der Waals surface area contributed by atoms with E-state index < -0.39 is 0 Å². The maximum absolute atomic E-state index is 11.8. The molecule has 1 rings (SSSR count). The molecule has 0 fully saturated rings. The summed E-state index contributed by atoms with van der Waals surface area (Å²) in [4.78, 5) is 14.6. The van der Waals surface area contributed by atoms with Gasteiger partial charge in [-0.1, -0.05) is 19.9 Å². The Morgan fingerprint density at radius 3 is 2.82 bits per heavy atom. The fraction of sp³-hybridized carbons (Fsp3) is 0.462. The molecular formula is C13H20N2OS. The summed E-state index contributed by atoms with van der Waals surface area (Å²) in [6.45, 7) is 5.34.